The van der Waals surface area contributed by atoms with Crippen molar-refractivity contribution in [3.63, 3.8) is 0 Å². The molecular weight excluding hydrogens is 559 g/mol. The molecule has 1 atom stereocenters. The molecule has 1 fully saturated rings. The van der Waals surface area contributed by atoms with E-state index in [-0.39, 0.29) is 52.8 Å². The van der Waals surface area contributed by atoms with Gasteiger partial charge in [-0.25, -0.2) is 4.79 Å². The number of urea groups is 1. The molecule has 0 spiro atoms. The van der Waals surface area contributed by atoms with Gasteiger partial charge in [-0.15, -0.1) is 0 Å². The van der Waals surface area contributed by atoms with Crippen LogP contribution < -0.4 is 4.90 Å². The van der Waals surface area contributed by atoms with Gasteiger partial charge in [-0.1, -0.05) is 12.1 Å². The van der Waals surface area contributed by atoms with Crippen molar-refractivity contribution in [1.29, 1.82) is 5.26 Å². The molecule has 0 aromatic heterocycles. The Bertz CT molecular complexity index is 1440. The van der Waals surface area contributed by atoms with Crippen LogP contribution >= 0.6 is 10.6 Å². The van der Waals surface area contributed by atoms with Gasteiger partial charge in [0, 0.05) is 49.3 Å². The van der Waals surface area contributed by atoms with Crippen LogP contribution in [0.5, 0.6) is 0 Å². The molecule has 41 heavy (non-hydrogen) atoms. The highest BCUT2D eigenvalue weighted by Gasteiger charge is 2.46. The number of anilines is 1. The second-order valence-electron chi connectivity index (χ2n) is 10.6. The summed E-state index contributed by atoms with van der Waals surface area (Å²) in [5.41, 5.74) is 0.121. The number of carbonyl (C=O) groups excluding carboxylic acids is 2. The molecule has 2 aromatic rings. The average molecular weight is 590 g/mol. The zero-order valence-corrected chi connectivity index (χ0v) is 23.2. The van der Waals surface area contributed by atoms with Gasteiger partial charge in [-0.2, -0.15) is 29.0 Å². The highest BCUT2D eigenvalue weighted by Crippen LogP contribution is 2.53. The van der Waals surface area contributed by atoms with Crippen LogP contribution in [0.3, 0.4) is 0 Å². The van der Waals surface area contributed by atoms with E-state index in [0.29, 0.717) is 43.7 Å². The molecule has 0 bridgehead atoms. The molecule has 5 rings (SSSR count). The Balaban J connectivity index is 1.75. The van der Waals surface area contributed by atoms with E-state index in [1.165, 1.54) is 46.4 Å². The Kier molecular flexibility index (Phi) is 7.91. The summed E-state index contributed by atoms with van der Waals surface area (Å²) in [4.78, 5) is 30.8. The Morgan fingerprint density at radius 3 is 2.49 bits per heavy atom. The average Bonchev–Trinajstić information content (AvgIpc) is 2.93. The van der Waals surface area contributed by atoms with Crippen LogP contribution in [0.15, 0.2) is 58.6 Å². The van der Waals surface area contributed by atoms with Gasteiger partial charge in [0.25, 0.3) is 0 Å². The van der Waals surface area contributed by atoms with Crippen molar-refractivity contribution < 1.29 is 36.6 Å². The molecule has 12 heteroatoms. The highest BCUT2D eigenvalue weighted by atomic mass is 32.3. The second-order valence-corrected chi connectivity index (χ2v) is 12.7. The Morgan fingerprint density at radius 2 is 1.83 bits per heavy atom. The number of rotatable bonds is 5. The van der Waals surface area contributed by atoms with Crippen molar-refractivity contribution in [2.45, 2.75) is 49.2 Å². The number of halogens is 3. The molecule has 2 aromatic carbocycles. The van der Waals surface area contributed by atoms with Crippen LogP contribution in [0.2, 0.25) is 0 Å². The summed E-state index contributed by atoms with van der Waals surface area (Å²) < 4.78 is 68.0. The zero-order chi connectivity index (χ0) is 29.5. The maximum absolute atomic E-state index is 14.4. The van der Waals surface area contributed by atoms with Crippen LogP contribution in [-0.2, 0) is 15.7 Å². The Labute approximate surface area is 237 Å². The molecule has 2 amide bonds. The van der Waals surface area contributed by atoms with Crippen LogP contribution in [0.1, 0.15) is 54.8 Å². The number of Topliss-reactive ketones (excluding diaryl/α,β-unsaturated/α-hetero) is 1. The normalized spacial score (nSPS) is 21.1. The third-order valence-corrected chi connectivity index (χ3v) is 8.99. The summed E-state index contributed by atoms with van der Waals surface area (Å²) in [6, 6.07) is 9.24. The number of ether oxygens (including phenoxy) is 1. The Hall–Kier alpha value is -3.37. The summed E-state index contributed by atoms with van der Waals surface area (Å²) in [7, 11) is -3.41. The van der Waals surface area contributed by atoms with Crippen molar-refractivity contribution >= 4 is 28.1 Å². The second kappa shape index (κ2) is 11.1. The van der Waals surface area contributed by atoms with Gasteiger partial charge in [0.2, 0.25) is 0 Å². The summed E-state index contributed by atoms with van der Waals surface area (Å²) in [6.45, 7) is 1.15. The van der Waals surface area contributed by atoms with E-state index in [9.17, 15) is 37.1 Å². The van der Waals surface area contributed by atoms with Crippen LogP contribution in [0.4, 0.5) is 23.7 Å². The summed E-state index contributed by atoms with van der Waals surface area (Å²) >= 11 is 0. The lowest BCUT2D eigenvalue weighted by Crippen LogP contribution is -2.53. The van der Waals surface area contributed by atoms with E-state index in [1.54, 1.807) is 0 Å². The molecule has 1 unspecified atom stereocenters. The van der Waals surface area contributed by atoms with Crippen LogP contribution in [-0.4, -0.2) is 51.8 Å². The molecular formula is C29H30F3N3O5S. The van der Waals surface area contributed by atoms with Crippen LogP contribution in [0.25, 0.3) is 0 Å². The topological polar surface area (TPSA) is 114 Å². The highest BCUT2D eigenvalue weighted by molar-refractivity contribution is 8.23. The smallest absolute Gasteiger partial charge is 0.381 e. The summed E-state index contributed by atoms with van der Waals surface area (Å²) in [6.07, 6.45) is -1.26. The van der Waals surface area contributed by atoms with Gasteiger partial charge < -0.3 is 9.64 Å². The minimum absolute atomic E-state index is 0.00211. The number of amides is 2. The van der Waals surface area contributed by atoms with Crippen molar-refractivity contribution in [2.75, 3.05) is 30.9 Å². The van der Waals surface area contributed by atoms with Crippen molar-refractivity contribution in [2.24, 2.45) is 5.92 Å². The molecule has 2 aliphatic heterocycles. The third-order valence-electron chi connectivity index (χ3n) is 7.80. The SMILES string of the molecule is CS(O)(O)c1cc(C#N)ccc1C1C2=C(CCCC2=O)N(c2cccc(C(F)(F)F)c2)C(=O)N1CC1CCOCC1. The molecule has 3 aliphatic rings. The van der Waals surface area contributed by atoms with Gasteiger partial charge in [-0.3, -0.25) is 18.8 Å². The lowest BCUT2D eigenvalue weighted by Gasteiger charge is -2.47. The molecule has 2 heterocycles. The first-order valence-corrected chi connectivity index (χ1v) is 15.2. The summed E-state index contributed by atoms with van der Waals surface area (Å²) in [5.74, 6) is -0.274. The Morgan fingerprint density at radius 1 is 1.10 bits per heavy atom. The maximum atomic E-state index is 14.4. The molecule has 1 aliphatic carbocycles. The zero-order valence-electron chi connectivity index (χ0n) is 22.4. The fourth-order valence-electron chi connectivity index (χ4n) is 5.87. The third kappa shape index (κ3) is 5.72. The first kappa shape index (κ1) is 29.1. The predicted octanol–water partition coefficient (Wildman–Crippen LogP) is 6.73. The van der Waals surface area contributed by atoms with Crippen LogP contribution in [0, 0.1) is 17.2 Å². The van der Waals surface area contributed by atoms with Gasteiger partial charge in [-0.05, 0) is 61.9 Å². The fraction of sp³-hybridized carbons (Fsp3) is 0.414. The molecule has 0 radical (unpaired) electrons. The van der Waals surface area contributed by atoms with E-state index >= 15 is 0 Å². The number of hydrogen-bond donors (Lipinski definition) is 2. The van der Waals surface area contributed by atoms with E-state index in [4.69, 9.17) is 4.74 Å². The van der Waals surface area contributed by atoms with Crippen molar-refractivity contribution in [3.05, 3.63) is 70.4 Å². The fourth-order valence-corrected chi connectivity index (χ4v) is 6.84. The van der Waals surface area contributed by atoms with E-state index < -0.39 is 34.4 Å². The molecule has 218 valence electrons. The lowest BCUT2D eigenvalue weighted by atomic mass is 9.82. The lowest BCUT2D eigenvalue weighted by molar-refractivity contribution is -0.137. The number of nitrogens with zero attached hydrogens (tertiary/aromatic N) is 3. The van der Waals surface area contributed by atoms with Crippen molar-refractivity contribution in [3.8, 4) is 6.07 Å². The number of hydrogen-bond acceptors (Lipinski definition) is 6. The number of benzene rings is 2. The molecule has 2 N–H and O–H groups in total. The minimum Gasteiger partial charge on any atom is -0.381 e. The number of allylic oxidation sites excluding steroid dienone is 1. The largest absolute Gasteiger partial charge is 0.416 e. The van der Waals surface area contributed by atoms with Gasteiger partial charge in [0.1, 0.15) is 0 Å². The number of carbonyl (C=O) groups is 2. The van der Waals surface area contributed by atoms with E-state index in [0.717, 1.165) is 12.1 Å². The van der Waals surface area contributed by atoms with Gasteiger partial charge in [0.15, 0.2) is 5.78 Å². The van der Waals surface area contributed by atoms with Gasteiger partial charge >= 0.3 is 12.2 Å². The van der Waals surface area contributed by atoms with Crippen molar-refractivity contribution in [1.82, 2.24) is 4.90 Å². The summed E-state index contributed by atoms with van der Waals surface area (Å²) in [5, 5.41) is 9.48. The quantitative estimate of drug-likeness (QED) is 0.400. The van der Waals surface area contributed by atoms with Gasteiger partial charge in [0.05, 0.1) is 33.8 Å². The van der Waals surface area contributed by atoms with E-state index in [2.05, 4.69) is 0 Å². The minimum atomic E-state index is -4.63. The number of alkyl halides is 3. The first-order valence-electron chi connectivity index (χ1n) is 13.3. The predicted molar refractivity (Wildman–Crippen MR) is 146 cm³/mol. The molecule has 8 nitrogen and oxygen atoms in total. The van der Waals surface area contributed by atoms with E-state index in [1.807, 2.05) is 6.07 Å². The number of ketones is 1. The maximum Gasteiger partial charge on any atom is 0.416 e. The monoisotopic (exact) mass is 589 g/mol. The molecule has 0 saturated carbocycles. The molecule has 1 saturated heterocycles. The number of nitriles is 1. The first-order chi connectivity index (χ1) is 19.4. The standard InChI is InChI=1S/C29H30F3N3O5S/c1-41(38,39)25-14-19(16-33)8-9-22(25)27-26-23(6-3-7-24(26)36)35(21-5-2-4-20(15-21)29(30,31)32)28(37)34(27)17-18-10-12-40-13-11-18/h2,4-5,8-9,14-15,18,27,38-39H,3,6-7,10-13,17H2,1H3.